The smallest absolute Gasteiger partial charge is 0.291 e. The van der Waals surface area contributed by atoms with Crippen molar-refractivity contribution in [1.82, 2.24) is 24.9 Å². The molecule has 1 spiro atoms. The van der Waals surface area contributed by atoms with E-state index in [4.69, 9.17) is 0 Å². The van der Waals surface area contributed by atoms with Gasteiger partial charge >= 0.3 is 0 Å². The van der Waals surface area contributed by atoms with Crippen molar-refractivity contribution in [2.75, 3.05) is 6.54 Å². The highest BCUT2D eigenvalue weighted by molar-refractivity contribution is 5.90. The van der Waals surface area contributed by atoms with Crippen molar-refractivity contribution in [1.29, 1.82) is 0 Å². The van der Waals surface area contributed by atoms with Gasteiger partial charge in [-0.15, -0.1) is 5.10 Å². The summed E-state index contributed by atoms with van der Waals surface area (Å²) >= 11 is 0. The summed E-state index contributed by atoms with van der Waals surface area (Å²) in [6, 6.07) is 10.6. The number of carbonyl (C=O) groups excluding carboxylic acids is 1. The molecule has 2 aliphatic rings. The number of benzene rings is 1. The maximum Gasteiger partial charge on any atom is 0.291 e. The van der Waals surface area contributed by atoms with E-state index in [1.807, 2.05) is 19.9 Å². The van der Waals surface area contributed by atoms with E-state index in [1.54, 1.807) is 4.52 Å². The van der Waals surface area contributed by atoms with Crippen molar-refractivity contribution >= 4 is 11.7 Å². The first-order chi connectivity index (χ1) is 12.6. The predicted molar refractivity (Wildman–Crippen MR) is 97.1 cm³/mol. The van der Waals surface area contributed by atoms with Crippen molar-refractivity contribution in [2.24, 2.45) is 5.92 Å². The lowest BCUT2D eigenvalue weighted by atomic mass is 9.95. The Bertz CT molecular complexity index is 1040. The quantitative estimate of drug-likeness (QED) is 0.789. The molecular weight excluding hydrogens is 326 g/mol. The van der Waals surface area contributed by atoms with E-state index in [-0.39, 0.29) is 17.1 Å². The summed E-state index contributed by atoms with van der Waals surface area (Å²) in [6.07, 6.45) is 3.50. The molecule has 0 aliphatic heterocycles. The van der Waals surface area contributed by atoms with Crippen LogP contribution in [0.3, 0.4) is 0 Å². The second-order valence-corrected chi connectivity index (χ2v) is 7.61. The van der Waals surface area contributed by atoms with Crippen LogP contribution in [0.15, 0.2) is 30.3 Å². The molecule has 0 bridgehead atoms. The number of nitrogens with one attached hydrogen (secondary N) is 1. The molecule has 1 aromatic carbocycles. The number of rotatable bonds is 3. The minimum atomic E-state index is -0.221. The molecule has 0 unspecified atom stereocenters. The summed E-state index contributed by atoms with van der Waals surface area (Å²) in [5.41, 5.74) is 5.03. The van der Waals surface area contributed by atoms with Crippen molar-refractivity contribution in [3.05, 3.63) is 58.7 Å². The second-order valence-electron chi connectivity index (χ2n) is 7.61. The molecule has 2 aliphatic carbocycles. The molecular formula is C20H21N5O. The van der Waals surface area contributed by atoms with Crippen LogP contribution < -0.4 is 5.32 Å². The first-order valence-electron chi connectivity index (χ1n) is 9.14. The summed E-state index contributed by atoms with van der Waals surface area (Å²) < 4.78 is 1.62. The highest BCUT2D eigenvalue weighted by Crippen LogP contribution is 2.61. The van der Waals surface area contributed by atoms with E-state index < -0.39 is 0 Å². The van der Waals surface area contributed by atoms with Gasteiger partial charge in [0.1, 0.15) is 0 Å². The first kappa shape index (κ1) is 15.5. The molecule has 2 heterocycles. The Morgan fingerprint density at radius 1 is 1.31 bits per heavy atom. The van der Waals surface area contributed by atoms with E-state index in [1.165, 1.54) is 17.5 Å². The molecule has 3 aromatic rings. The number of hydrogen-bond donors (Lipinski definition) is 1. The van der Waals surface area contributed by atoms with Gasteiger partial charge in [0.2, 0.25) is 5.82 Å². The number of hydrogen-bond acceptors (Lipinski definition) is 4. The van der Waals surface area contributed by atoms with Gasteiger partial charge in [-0.05, 0) is 56.2 Å². The van der Waals surface area contributed by atoms with Crippen LogP contribution in [0.2, 0.25) is 0 Å². The van der Waals surface area contributed by atoms with Gasteiger partial charge in [-0.2, -0.15) is 4.98 Å². The molecule has 2 atom stereocenters. The summed E-state index contributed by atoms with van der Waals surface area (Å²) in [4.78, 5) is 21.1. The van der Waals surface area contributed by atoms with E-state index in [0.29, 0.717) is 18.2 Å². The molecule has 6 nitrogen and oxygen atoms in total. The molecule has 1 N–H and O–H groups in total. The Morgan fingerprint density at radius 2 is 2.15 bits per heavy atom. The SMILES string of the molecule is Cc1cc(C)n2nc(C(=O)NC[C@H]3C[C@]34CCc3ccccc34)nc2n1. The number of fused-ring (bicyclic) bond motifs is 3. The highest BCUT2D eigenvalue weighted by atomic mass is 16.2. The third-order valence-electron chi connectivity index (χ3n) is 5.96. The number of amides is 1. The van der Waals surface area contributed by atoms with Gasteiger partial charge in [0, 0.05) is 23.3 Å². The minimum absolute atomic E-state index is 0.188. The Labute approximate surface area is 151 Å². The number of aromatic nitrogens is 4. The molecule has 1 amide bonds. The van der Waals surface area contributed by atoms with Crippen LogP contribution in [0.5, 0.6) is 0 Å². The van der Waals surface area contributed by atoms with Crippen molar-refractivity contribution in [3.63, 3.8) is 0 Å². The van der Waals surface area contributed by atoms with Gasteiger partial charge in [-0.1, -0.05) is 24.3 Å². The zero-order valence-corrected chi connectivity index (χ0v) is 15.0. The zero-order chi connectivity index (χ0) is 17.9. The number of carbonyl (C=O) groups is 1. The molecule has 5 rings (SSSR count). The van der Waals surface area contributed by atoms with Crippen LogP contribution in [0, 0.1) is 19.8 Å². The van der Waals surface area contributed by atoms with Crippen LogP contribution in [0.25, 0.3) is 5.78 Å². The Hall–Kier alpha value is -2.76. The largest absolute Gasteiger partial charge is 0.349 e. The number of nitrogens with zero attached hydrogens (tertiary/aromatic N) is 4. The van der Waals surface area contributed by atoms with Gasteiger partial charge in [0.15, 0.2) is 0 Å². The predicted octanol–water partition coefficient (Wildman–Crippen LogP) is 2.38. The lowest BCUT2D eigenvalue weighted by Gasteiger charge is -2.11. The van der Waals surface area contributed by atoms with E-state index in [0.717, 1.165) is 24.2 Å². The van der Waals surface area contributed by atoms with Crippen LogP contribution in [-0.2, 0) is 11.8 Å². The lowest BCUT2D eigenvalue weighted by molar-refractivity contribution is 0.0940. The van der Waals surface area contributed by atoms with E-state index >= 15 is 0 Å². The van der Waals surface area contributed by atoms with Crippen LogP contribution >= 0.6 is 0 Å². The Balaban J connectivity index is 1.30. The Kier molecular flexibility index (Phi) is 3.20. The van der Waals surface area contributed by atoms with Crippen LogP contribution in [0.4, 0.5) is 0 Å². The third-order valence-corrected chi connectivity index (χ3v) is 5.96. The normalized spacial score (nSPS) is 23.4. The van der Waals surface area contributed by atoms with Crippen LogP contribution in [0.1, 0.15) is 46.0 Å². The Morgan fingerprint density at radius 3 is 3.04 bits per heavy atom. The van der Waals surface area contributed by atoms with Gasteiger partial charge in [-0.3, -0.25) is 4.79 Å². The summed E-state index contributed by atoms with van der Waals surface area (Å²) in [7, 11) is 0. The fraction of sp³-hybridized carbons (Fsp3) is 0.400. The fourth-order valence-electron chi connectivity index (χ4n) is 4.56. The monoisotopic (exact) mass is 347 g/mol. The summed E-state index contributed by atoms with van der Waals surface area (Å²) in [5, 5.41) is 7.34. The third kappa shape index (κ3) is 2.25. The molecule has 132 valence electrons. The molecule has 0 radical (unpaired) electrons. The van der Waals surface area contributed by atoms with Crippen LogP contribution in [-0.4, -0.2) is 32.0 Å². The molecule has 6 heteroatoms. The average molecular weight is 347 g/mol. The van der Waals surface area contributed by atoms with Gasteiger partial charge < -0.3 is 5.32 Å². The molecule has 1 fully saturated rings. The van der Waals surface area contributed by atoms with Gasteiger partial charge in [0.05, 0.1) is 0 Å². The van der Waals surface area contributed by atoms with E-state index in [2.05, 4.69) is 44.6 Å². The molecule has 26 heavy (non-hydrogen) atoms. The second kappa shape index (κ2) is 5.37. The first-order valence-corrected chi connectivity index (χ1v) is 9.14. The van der Waals surface area contributed by atoms with Gasteiger partial charge in [-0.25, -0.2) is 9.50 Å². The highest BCUT2D eigenvalue weighted by Gasteiger charge is 2.57. The summed E-state index contributed by atoms with van der Waals surface area (Å²) in [6.45, 7) is 4.52. The van der Waals surface area contributed by atoms with Gasteiger partial charge in [0.25, 0.3) is 11.7 Å². The molecule has 2 aromatic heterocycles. The van der Waals surface area contributed by atoms with Crippen molar-refractivity contribution < 1.29 is 4.79 Å². The lowest BCUT2D eigenvalue weighted by Crippen LogP contribution is -2.28. The maximum absolute atomic E-state index is 12.5. The topological polar surface area (TPSA) is 72.2 Å². The fourth-order valence-corrected chi connectivity index (χ4v) is 4.56. The van der Waals surface area contributed by atoms with E-state index in [9.17, 15) is 4.79 Å². The number of aryl methyl sites for hydroxylation is 3. The molecule has 0 saturated heterocycles. The van der Waals surface area contributed by atoms with Crippen molar-refractivity contribution in [2.45, 2.75) is 38.5 Å². The molecule has 1 saturated carbocycles. The average Bonchev–Trinajstić information content (AvgIpc) is 2.96. The maximum atomic E-state index is 12.5. The van der Waals surface area contributed by atoms with Crippen molar-refractivity contribution in [3.8, 4) is 0 Å². The minimum Gasteiger partial charge on any atom is -0.349 e. The summed E-state index contributed by atoms with van der Waals surface area (Å²) in [5.74, 6) is 0.947. The standard InChI is InChI=1S/C20H21N5O/c1-12-9-13(2)25-19(22-12)23-17(24-25)18(26)21-11-15-10-20(15)8-7-14-5-3-4-6-16(14)20/h3-6,9,15H,7-8,10-11H2,1-2H3,(H,21,26)/t15-,20-/m1/s1. The zero-order valence-electron chi connectivity index (χ0n) is 15.0.